The van der Waals surface area contributed by atoms with Gasteiger partial charge in [-0.2, -0.15) is 0 Å². The van der Waals surface area contributed by atoms with Crippen molar-refractivity contribution in [2.24, 2.45) is 5.92 Å². The van der Waals surface area contributed by atoms with Crippen molar-refractivity contribution in [1.82, 2.24) is 9.80 Å². The number of hydrogen-bond donors (Lipinski definition) is 1. The van der Waals surface area contributed by atoms with Gasteiger partial charge in [-0.15, -0.1) is 0 Å². The van der Waals surface area contributed by atoms with Crippen molar-refractivity contribution >= 4 is 17.3 Å². The van der Waals surface area contributed by atoms with Crippen LogP contribution < -0.4 is 10.1 Å². The Morgan fingerprint density at radius 2 is 1.87 bits per heavy atom. The van der Waals surface area contributed by atoms with Gasteiger partial charge in [0.2, 0.25) is 5.91 Å². The standard InChI is InChI=1S/C22H34N4O4/c1-17(22(27)23-20-15-19(26(28)29)7-8-21(20)30-2)25-13-9-18(10-14-25)16-24-11-5-3-4-6-12-24/h7-8,15,17-18H,3-6,9-14,16H2,1-2H3,(H,23,27). The number of carbonyl (C=O) groups is 1. The second kappa shape index (κ2) is 10.7. The first kappa shape index (κ1) is 22.5. The molecule has 1 unspecified atom stereocenters. The molecular weight excluding hydrogens is 384 g/mol. The molecule has 2 aliphatic heterocycles. The first-order chi connectivity index (χ1) is 14.5. The van der Waals surface area contributed by atoms with Crippen LogP contribution in [0.3, 0.4) is 0 Å². The number of anilines is 1. The number of rotatable bonds is 7. The van der Waals surface area contributed by atoms with Gasteiger partial charge >= 0.3 is 0 Å². The lowest BCUT2D eigenvalue weighted by atomic mass is 9.95. The number of nitro benzene ring substituents is 1. The maximum Gasteiger partial charge on any atom is 0.271 e. The van der Waals surface area contributed by atoms with Crippen LogP contribution in [0.1, 0.15) is 45.4 Å². The molecule has 0 spiro atoms. The summed E-state index contributed by atoms with van der Waals surface area (Å²) in [5.74, 6) is 0.948. The second-order valence-corrected chi connectivity index (χ2v) is 8.50. The smallest absolute Gasteiger partial charge is 0.271 e. The molecule has 0 bridgehead atoms. The second-order valence-electron chi connectivity index (χ2n) is 8.50. The van der Waals surface area contributed by atoms with Gasteiger partial charge in [0.1, 0.15) is 5.75 Å². The van der Waals surface area contributed by atoms with E-state index in [9.17, 15) is 14.9 Å². The number of benzene rings is 1. The third-order valence-electron chi connectivity index (χ3n) is 6.44. The molecule has 1 N–H and O–H groups in total. The van der Waals surface area contributed by atoms with Gasteiger partial charge in [-0.05, 0) is 70.8 Å². The Labute approximate surface area is 178 Å². The van der Waals surface area contributed by atoms with Gasteiger partial charge < -0.3 is 15.0 Å². The Kier molecular flexibility index (Phi) is 8.04. The zero-order valence-corrected chi connectivity index (χ0v) is 18.1. The third-order valence-corrected chi connectivity index (χ3v) is 6.44. The van der Waals surface area contributed by atoms with E-state index in [1.165, 1.54) is 70.6 Å². The summed E-state index contributed by atoms with van der Waals surface area (Å²) in [4.78, 5) is 28.2. The molecule has 0 radical (unpaired) electrons. The van der Waals surface area contributed by atoms with Crippen molar-refractivity contribution in [3.8, 4) is 5.75 Å². The van der Waals surface area contributed by atoms with Crippen LogP contribution in [0.2, 0.25) is 0 Å². The molecule has 3 rings (SSSR count). The average molecular weight is 419 g/mol. The Morgan fingerprint density at radius 1 is 1.20 bits per heavy atom. The van der Waals surface area contributed by atoms with Gasteiger partial charge in [0.25, 0.3) is 5.69 Å². The average Bonchev–Trinajstić information content (AvgIpc) is 3.02. The summed E-state index contributed by atoms with van der Waals surface area (Å²) in [5, 5.41) is 13.9. The van der Waals surface area contributed by atoms with Crippen LogP contribution in [-0.4, -0.2) is 66.5 Å². The van der Waals surface area contributed by atoms with E-state index < -0.39 is 4.92 Å². The first-order valence-electron chi connectivity index (χ1n) is 11.1. The van der Waals surface area contributed by atoms with Gasteiger partial charge in [-0.1, -0.05) is 12.8 Å². The summed E-state index contributed by atoms with van der Waals surface area (Å²) in [6, 6.07) is 3.92. The summed E-state index contributed by atoms with van der Waals surface area (Å²) >= 11 is 0. The lowest BCUT2D eigenvalue weighted by molar-refractivity contribution is -0.384. The van der Waals surface area contributed by atoms with Crippen LogP contribution >= 0.6 is 0 Å². The molecule has 2 aliphatic rings. The zero-order valence-electron chi connectivity index (χ0n) is 18.1. The summed E-state index contributed by atoms with van der Waals surface area (Å²) < 4.78 is 5.25. The molecule has 30 heavy (non-hydrogen) atoms. The number of piperidine rings is 1. The molecule has 1 atom stereocenters. The first-order valence-corrected chi connectivity index (χ1v) is 11.1. The SMILES string of the molecule is COc1ccc([N+](=O)[O-])cc1NC(=O)C(C)N1CCC(CN2CCCCCC2)CC1. The molecule has 2 heterocycles. The molecule has 2 fully saturated rings. The molecule has 8 nitrogen and oxygen atoms in total. The van der Waals surface area contributed by atoms with Crippen LogP contribution in [-0.2, 0) is 4.79 Å². The molecule has 0 aliphatic carbocycles. The van der Waals surface area contributed by atoms with Gasteiger partial charge in [0.05, 0.1) is 23.8 Å². The van der Waals surface area contributed by atoms with Crippen LogP contribution in [0.5, 0.6) is 5.75 Å². The highest BCUT2D eigenvalue weighted by Crippen LogP contribution is 2.29. The normalized spacial score (nSPS) is 20.3. The number of amides is 1. The van der Waals surface area contributed by atoms with E-state index in [0.717, 1.165) is 25.9 Å². The van der Waals surface area contributed by atoms with Gasteiger partial charge in [-0.25, -0.2) is 0 Å². The molecule has 166 valence electrons. The Balaban J connectivity index is 1.52. The lowest BCUT2D eigenvalue weighted by Crippen LogP contribution is -2.47. The minimum atomic E-state index is -0.479. The Bertz CT molecular complexity index is 726. The van der Waals surface area contributed by atoms with Crippen LogP contribution in [0, 0.1) is 16.0 Å². The molecular formula is C22H34N4O4. The van der Waals surface area contributed by atoms with Gasteiger partial charge in [0.15, 0.2) is 0 Å². The van der Waals surface area contributed by atoms with E-state index in [-0.39, 0.29) is 17.6 Å². The summed E-state index contributed by atoms with van der Waals surface area (Å²) in [6.07, 6.45) is 7.56. The highest BCUT2D eigenvalue weighted by molar-refractivity contribution is 5.96. The number of nitrogens with zero attached hydrogens (tertiary/aromatic N) is 3. The van der Waals surface area contributed by atoms with E-state index in [1.54, 1.807) is 0 Å². The van der Waals surface area contributed by atoms with E-state index in [1.807, 2.05) is 6.92 Å². The number of non-ortho nitro benzene ring substituents is 1. The minimum absolute atomic E-state index is 0.0759. The van der Waals surface area contributed by atoms with E-state index in [4.69, 9.17) is 4.74 Å². The highest BCUT2D eigenvalue weighted by atomic mass is 16.6. The topological polar surface area (TPSA) is 87.9 Å². The number of nitrogens with one attached hydrogen (secondary N) is 1. The summed E-state index contributed by atoms with van der Waals surface area (Å²) in [7, 11) is 1.48. The summed E-state index contributed by atoms with van der Waals surface area (Å²) in [5.41, 5.74) is 0.257. The maximum atomic E-state index is 12.8. The Morgan fingerprint density at radius 3 is 2.47 bits per heavy atom. The molecule has 2 saturated heterocycles. The third kappa shape index (κ3) is 5.92. The van der Waals surface area contributed by atoms with Crippen LogP contribution in [0.4, 0.5) is 11.4 Å². The van der Waals surface area contributed by atoms with Gasteiger partial charge in [0, 0.05) is 18.7 Å². The van der Waals surface area contributed by atoms with Crippen molar-refractivity contribution in [3.63, 3.8) is 0 Å². The fourth-order valence-electron chi connectivity index (χ4n) is 4.52. The summed E-state index contributed by atoms with van der Waals surface area (Å²) in [6.45, 7) is 7.33. The van der Waals surface area contributed by atoms with Crippen molar-refractivity contribution in [2.75, 3.05) is 45.2 Å². The van der Waals surface area contributed by atoms with Crippen molar-refractivity contribution < 1.29 is 14.5 Å². The van der Waals surface area contributed by atoms with Gasteiger partial charge in [-0.3, -0.25) is 19.8 Å². The molecule has 1 aromatic carbocycles. The predicted octanol–water partition coefficient (Wildman–Crippen LogP) is 3.52. The molecule has 1 amide bonds. The number of carbonyl (C=O) groups excluding carboxylic acids is 1. The fourth-order valence-corrected chi connectivity index (χ4v) is 4.52. The quantitative estimate of drug-likeness (QED) is 0.538. The van der Waals surface area contributed by atoms with Crippen LogP contribution in [0.15, 0.2) is 18.2 Å². The largest absolute Gasteiger partial charge is 0.495 e. The number of ether oxygens (including phenoxy) is 1. The molecule has 1 aromatic rings. The molecule has 8 heteroatoms. The fraction of sp³-hybridized carbons (Fsp3) is 0.682. The van der Waals surface area contributed by atoms with E-state index >= 15 is 0 Å². The minimum Gasteiger partial charge on any atom is -0.495 e. The van der Waals surface area contributed by atoms with Crippen molar-refractivity contribution in [1.29, 1.82) is 0 Å². The zero-order chi connectivity index (χ0) is 21.5. The van der Waals surface area contributed by atoms with E-state index in [2.05, 4.69) is 15.1 Å². The predicted molar refractivity (Wildman–Crippen MR) is 117 cm³/mol. The maximum absolute atomic E-state index is 12.8. The van der Waals surface area contributed by atoms with E-state index in [0.29, 0.717) is 17.4 Å². The monoisotopic (exact) mass is 418 g/mol. The van der Waals surface area contributed by atoms with Crippen molar-refractivity contribution in [2.45, 2.75) is 51.5 Å². The lowest BCUT2D eigenvalue weighted by Gasteiger charge is -2.37. The Hall–Kier alpha value is -2.19. The number of likely N-dealkylation sites (tertiary alicyclic amines) is 2. The number of methoxy groups -OCH3 is 1. The highest BCUT2D eigenvalue weighted by Gasteiger charge is 2.28. The molecule has 0 aromatic heterocycles. The van der Waals surface area contributed by atoms with Crippen molar-refractivity contribution in [3.05, 3.63) is 28.3 Å². The molecule has 0 saturated carbocycles. The number of nitro groups is 1. The number of hydrogen-bond acceptors (Lipinski definition) is 6. The van der Waals surface area contributed by atoms with Crippen LogP contribution in [0.25, 0.3) is 0 Å².